The van der Waals surface area contributed by atoms with E-state index in [4.69, 9.17) is 9.47 Å². The third-order valence-corrected chi connectivity index (χ3v) is 3.26. The second kappa shape index (κ2) is 4.81. The Kier molecular flexibility index (Phi) is 2.99. The van der Waals surface area contributed by atoms with Crippen molar-refractivity contribution in [2.45, 2.75) is 0 Å². The van der Waals surface area contributed by atoms with Crippen molar-refractivity contribution in [3.63, 3.8) is 0 Å². The van der Waals surface area contributed by atoms with Crippen LogP contribution in [-0.2, 0) is 4.74 Å². The molecule has 0 N–H and O–H groups in total. The van der Waals surface area contributed by atoms with Crippen LogP contribution in [-0.4, -0.2) is 25.2 Å². The van der Waals surface area contributed by atoms with Gasteiger partial charge in [0, 0.05) is 10.8 Å². The molecule has 0 saturated carbocycles. The molecule has 0 aliphatic heterocycles. The van der Waals surface area contributed by atoms with Gasteiger partial charge in [-0.1, -0.05) is 12.1 Å². The Bertz CT molecular complexity index is 811. The predicted molar refractivity (Wildman–Crippen MR) is 77.1 cm³/mol. The molecule has 0 atom stereocenters. The second-order valence-electron chi connectivity index (χ2n) is 4.39. The van der Waals surface area contributed by atoms with Crippen molar-refractivity contribution in [3.8, 4) is 5.75 Å². The van der Waals surface area contributed by atoms with Crippen LogP contribution in [0.3, 0.4) is 0 Å². The molecule has 20 heavy (non-hydrogen) atoms. The van der Waals surface area contributed by atoms with Gasteiger partial charge in [-0.15, -0.1) is 0 Å². The number of ether oxygens (including phenoxy) is 2. The number of aromatic nitrogens is 1. The summed E-state index contributed by atoms with van der Waals surface area (Å²) in [7, 11) is 2.98. The van der Waals surface area contributed by atoms with Gasteiger partial charge in [-0.05, 0) is 30.3 Å². The normalized spacial score (nSPS) is 10.7. The number of carbonyl (C=O) groups is 1. The van der Waals surface area contributed by atoms with Crippen LogP contribution in [0.15, 0.2) is 42.5 Å². The monoisotopic (exact) mass is 267 g/mol. The van der Waals surface area contributed by atoms with Crippen LogP contribution in [0.2, 0.25) is 0 Å². The molecule has 3 aromatic rings. The number of benzene rings is 2. The lowest BCUT2D eigenvalue weighted by Crippen LogP contribution is -2.01. The summed E-state index contributed by atoms with van der Waals surface area (Å²) >= 11 is 0. The minimum atomic E-state index is -0.373. The third kappa shape index (κ3) is 1.86. The zero-order valence-corrected chi connectivity index (χ0v) is 11.2. The van der Waals surface area contributed by atoms with Gasteiger partial charge in [0.2, 0.25) is 0 Å². The van der Waals surface area contributed by atoms with Gasteiger partial charge in [-0.25, -0.2) is 9.78 Å². The first-order valence-corrected chi connectivity index (χ1v) is 6.19. The third-order valence-electron chi connectivity index (χ3n) is 3.26. The number of esters is 1. The molecule has 0 unspecified atom stereocenters. The Hall–Kier alpha value is -2.62. The Morgan fingerprint density at radius 2 is 1.75 bits per heavy atom. The van der Waals surface area contributed by atoms with Crippen LogP contribution in [0.1, 0.15) is 10.4 Å². The zero-order valence-electron chi connectivity index (χ0n) is 11.2. The SMILES string of the molecule is COC(=O)c1ccc2nc3ccccc3c(OC)c2c1. The lowest BCUT2D eigenvalue weighted by atomic mass is 10.1. The van der Waals surface area contributed by atoms with Crippen LogP contribution in [0.5, 0.6) is 5.75 Å². The zero-order chi connectivity index (χ0) is 14.1. The molecular weight excluding hydrogens is 254 g/mol. The first-order valence-electron chi connectivity index (χ1n) is 6.19. The van der Waals surface area contributed by atoms with Crippen molar-refractivity contribution in [3.05, 3.63) is 48.0 Å². The van der Waals surface area contributed by atoms with E-state index in [1.807, 2.05) is 24.3 Å². The number of hydrogen-bond acceptors (Lipinski definition) is 4. The Morgan fingerprint density at radius 3 is 2.50 bits per heavy atom. The molecule has 0 spiro atoms. The first-order chi connectivity index (χ1) is 9.74. The summed E-state index contributed by atoms with van der Waals surface area (Å²) in [4.78, 5) is 16.2. The summed E-state index contributed by atoms with van der Waals surface area (Å²) in [6.45, 7) is 0. The molecule has 1 aromatic heterocycles. The maximum Gasteiger partial charge on any atom is 0.337 e. The molecule has 2 aromatic carbocycles. The fourth-order valence-corrected chi connectivity index (χ4v) is 2.32. The summed E-state index contributed by atoms with van der Waals surface area (Å²) in [5, 5.41) is 1.72. The summed E-state index contributed by atoms with van der Waals surface area (Å²) < 4.78 is 10.3. The molecular formula is C16H13NO3. The van der Waals surface area contributed by atoms with E-state index in [9.17, 15) is 4.79 Å². The number of rotatable bonds is 2. The largest absolute Gasteiger partial charge is 0.495 e. The number of pyridine rings is 1. The lowest BCUT2D eigenvalue weighted by Gasteiger charge is -2.10. The highest BCUT2D eigenvalue weighted by Gasteiger charge is 2.12. The van der Waals surface area contributed by atoms with E-state index in [-0.39, 0.29) is 5.97 Å². The molecule has 0 aliphatic rings. The maximum absolute atomic E-state index is 11.6. The Morgan fingerprint density at radius 1 is 1.00 bits per heavy atom. The van der Waals surface area contributed by atoms with Gasteiger partial charge in [0.15, 0.2) is 0 Å². The summed E-state index contributed by atoms with van der Waals surface area (Å²) in [6, 6.07) is 13.0. The van der Waals surface area contributed by atoms with Crippen LogP contribution in [0, 0.1) is 0 Å². The van der Waals surface area contributed by atoms with Crippen LogP contribution < -0.4 is 4.74 Å². The van der Waals surface area contributed by atoms with E-state index in [2.05, 4.69) is 4.98 Å². The molecule has 0 saturated heterocycles. The average Bonchev–Trinajstić information content (AvgIpc) is 2.51. The number of carbonyl (C=O) groups excluding carboxylic acids is 1. The number of para-hydroxylation sites is 1. The number of methoxy groups -OCH3 is 2. The van der Waals surface area contributed by atoms with Gasteiger partial charge in [0.25, 0.3) is 0 Å². The van der Waals surface area contributed by atoms with E-state index in [0.29, 0.717) is 5.56 Å². The molecule has 3 rings (SSSR count). The molecule has 4 nitrogen and oxygen atoms in total. The van der Waals surface area contributed by atoms with Gasteiger partial charge < -0.3 is 9.47 Å². The number of nitrogens with zero attached hydrogens (tertiary/aromatic N) is 1. The van der Waals surface area contributed by atoms with Gasteiger partial charge in [-0.3, -0.25) is 0 Å². The maximum atomic E-state index is 11.6. The Balaban J connectivity index is 2.38. The van der Waals surface area contributed by atoms with Crippen molar-refractivity contribution in [1.29, 1.82) is 0 Å². The van der Waals surface area contributed by atoms with Gasteiger partial charge in [0.05, 0.1) is 30.8 Å². The van der Waals surface area contributed by atoms with Crippen molar-refractivity contribution in [1.82, 2.24) is 4.98 Å². The highest BCUT2D eigenvalue weighted by Crippen LogP contribution is 2.33. The van der Waals surface area contributed by atoms with E-state index in [0.717, 1.165) is 27.6 Å². The van der Waals surface area contributed by atoms with Crippen LogP contribution in [0.25, 0.3) is 21.8 Å². The van der Waals surface area contributed by atoms with Crippen molar-refractivity contribution < 1.29 is 14.3 Å². The minimum Gasteiger partial charge on any atom is -0.495 e. The van der Waals surface area contributed by atoms with Gasteiger partial charge in [0.1, 0.15) is 5.75 Å². The van der Waals surface area contributed by atoms with Crippen molar-refractivity contribution in [2.75, 3.05) is 14.2 Å². The quantitative estimate of drug-likeness (QED) is 0.528. The van der Waals surface area contributed by atoms with Gasteiger partial charge >= 0.3 is 5.97 Å². The topological polar surface area (TPSA) is 48.4 Å². The predicted octanol–water partition coefficient (Wildman–Crippen LogP) is 3.18. The Labute approximate surface area is 115 Å². The lowest BCUT2D eigenvalue weighted by molar-refractivity contribution is 0.0601. The van der Waals surface area contributed by atoms with Crippen LogP contribution in [0.4, 0.5) is 0 Å². The molecule has 4 heteroatoms. The smallest absolute Gasteiger partial charge is 0.337 e. The van der Waals surface area contributed by atoms with Crippen molar-refractivity contribution in [2.24, 2.45) is 0 Å². The summed E-state index contributed by atoms with van der Waals surface area (Å²) in [5.41, 5.74) is 2.13. The molecule has 0 bridgehead atoms. The molecule has 0 aliphatic carbocycles. The summed E-state index contributed by atoms with van der Waals surface area (Å²) in [5.74, 6) is 0.346. The molecule has 0 radical (unpaired) electrons. The minimum absolute atomic E-state index is 0.373. The van der Waals surface area contributed by atoms with Crippen molar-refractivity contribution >= 4 is 27.8 Å². The van der Waals surface area contributed by atoms with E-state index in [1.165, 1.54) is 7.11 Å². The van der Waals surface area contributed by atoms with E-state index >= 15 is 0 Å². The number of fused-ring (bicyclic) bond motifs is 2. The molecule has 0 amide bonds. The highest BCUT2D eigenvalue weighted by molar-refractivity contribution is 6.03. The standard InChI is InChI=1S/C16H13NO3/c1-19-15-11-5-3-4-6-13(11)17-14-8-7-10(9-12(14)15)16(18)20-2/h3-9H,1-2H3. The molecule has 0 fully saturated rings. The summed E-state index contributed by atoms with van der Waals surface area (Å²) in [6.07, 6.45) is 0. The molecule has 1 heterocycles. The highest BCUT2D eigenvalue weighted by atomic mass is 16.5. The molecule has 100 valence electrons. The fourth-order valence-electron chi connectivity index (χ4n) is 2.32. The van der Waals surface area contributed by atoms with E-state index in [1.54, 1.807) is 25.3 Å². The van der Waals surface area contributed by atoms with E-state index < -0.39 is 0 Å². The second-order valence-corrected chi connectivity index (χ2v) is 4.39. The van der Waals surface area contributed by atoms with Crippen LogP contribution >= 0.6 is 0 Å². The number of hydrogen-bond donors (Lipinski definition) is 0. The first kappa shape index (κ1) is 12.4. The average molecular weight is 267 g/mol. The fraction of sp³-hybridized carbons (Fsp3) is 0.125. The van der Waals surface area contributed by atoms with Gasteiger partial charge in [-0.2, -0.15) is 0 Å².